The van der Waals surface area contributed by atoms with E-state index in [4.69, 9.17) is 20.3 Å². The van der Waals surface area contributed by atoms with Crippen molar-refractivity contribution in [2.75, 3.05) is 26.7 Å². The van der Waals surface area contributed by atoms with E-state index in [2.05, 4.69) is 9.89 Å². The summed E-state index contributed by atoms with van der Waals surface area (Å²) in [4.78, 5) is 34.0. The minimum atomic E-state index is -3.92. The molecule has 0 radical (unpaired) electrons. The Morgan fingerprint density at radius 2 is 1.64 bits per heavy atom. The number of piperidine rings is 1. The number of benzene rings is 3. The van der Waals surface area contributed by atoms with Gasteiger partial charge in [0.15, 0.2) is 0 Å². The molecular weight excluding hydrogens is 618 g/mol. The van der Waals surface area contributed by atoms with Crippen molar-refractivity contribution in [2.24, 2.45) is 21.8 Å². The minimum absolute atomic E-state index is 0.0189. The lowest BCUT2D eigenvalue weighted by atomic mass is 9.89. The molecule has 0 bridgehead atoms. The fraction of sp³-hybridized carbons (Fsp3) is 0.400. The highest BCUT2D eigenvalue weighted by atomic mass is 32.2. The van der Waals surface area contributed by atoms with E-state index in [-0.39, 0.29) is 23.4 Å². The number of rotatable bonds is 9. The van der Waals surface area contributed by atoms with E-state index in [9.17, 15) is 18.0 Å². The second-order valence-electron chi connectivity index (χ2n) is 12.4. The molecule has 2 aliphatic rings. The van der Waals surface area contributed by atoms with Crippen LogP contribution in [0, 0.1) is 5.92 Å². The van der Waals surface area contributed by atoms with Crippen LogP contribution in [-0.2, 0) is 21.3 Å². The fourth-order valence-electron chi connectivity index (χ4n) is 6.19. The smallest absolute Gasteiger partial charge is 0.435 e. The van der Waals surface area contributed by atoms with Gasteiger partial charge < -0.3 is 25.0 Å². The predicted octanol–water partition coefficient (Wildman–Crippen LogP) is 5.52. The van der Waals surface area contributed by atoms with Gasteiger partial charge in [-0.05, 0) is 74.0 Å². The molecule has 1 saturated carbocycles. The molecule has 250 valence electrons. The average Bonchev–Trinajstić information content (AvgIpc) is 3.06. The van der Waals surface area contributed by atoms with Gasteiger partial charge in [0.1, 0.15) is 17.7 Å². The van der Waals surface area contributed by atoms with Gasteiger partial charge in [-0.25, -0.2) is 23.1 Å². The van der Waals surface area contributed by atoms with Crippen molar-refractivity contribution in [1.29, 1.82) is 0 Å². The first-order valence-electron chi connectivity index (χ1n) is 16.1. The van der Waals surface area contributed by atoms with Crippen LogP contribution in [0.25, 0.3) is 11.1 Å². The van der Waals surface area contributed by atoms with E-state index in [0.717, 1.165) is 57.2 Å². The van der Waals surface area contributed by atoms with Crippen LogP contribution < -0.4 is 15.6 Å². The van der Waals surface area contributed by atoms with Crippen molar-refractivity contribution < 1.29 is 27.5 Å². The van der Waals surface area contributed by atoms with Crippen LogP contribution in [0.2, 0.25) is 0 Å². The van der Waals surface area contributed by atoms with Crippen LogP contribution in [0.15, 0.2) is 82.7 Å². The monoisotopic (exact) mass is 661 g/mol. The maximum absolute atomic E-state index is 13.6. The van der Waals surface area contributed by atoms with Gasteiger partial charge in [0.05, 0.1) is 4.90 Å². The number of ether oxygens (including phenoxy) is 2. The zero-order valence-electron chi connectivity index (χ0n) is 26.7. The van der Waals surface area contributed by atoms with Crippen LogP contribution in [0.5, 0.6) is 5.75 Å². The molecule has 11 nitrogen and oxygen atoms in total. The lowest BCUT2D eigenvalue weighted by Gasteiger charge is -2.29. The van der Waals surface area contributed by atoms with Crippen LogP contribution in [-0.4, -0.2) is 69.0 Å². The molecule has 1 aliphatic heterocycles. The zero-order valence-corrected chi connectivity index (χ0v) is 27.5. The van der Waals surface area contributed by atoms with Crippen molar-refractivity contribution in [3.8, 4) is 16.9 Å². The SMILES string of the molecule is CN1CCC(OC(=O)N=C(N)c2cccc(CN(CC3CCCCC3)C(=O)Oc3ccc(-c4ccccc4S(N)(=O)=O)cc3)c2)CC1. The Morgan fingerprint density at radius 1 is 0.936 bits per heavy atom. The topological polar surface area (TPSA) is 158 Å². The van der Waals surface area contributed by atoms with Crippen molar-refractivity contribution in [3.63, 3.8) is 0 Å². The Bertz CT molecular complexity index is 1680. The molecule has 4 N–H and O–H groups in total. The van der Waals surface area contributed by atoms with Gasteiger partial charge in [-0.3, -0.25) is 0 Å². The van der Waals surface area contributed by atoms with Crippen molar-refractivity contribution >= 4 is 28.0 Å². The second-order valence-corrected chi connectivity index (χ2v) is 13.9. The van der Waals surface area contributed by atoms with Crippen LogP contribution in [0.4, 0.5) is 9.59 Å². The summed E-state index contributed by atoms with van der Waals surface area (Å²) in [5.74, 6) is 0.738. The number of sulfonamides is 1. The standard InChI is InChI=1S/C35H43N5O6S/c1-39-20-18-30(19-21-39)45-34(41)38-33(36)28-11-7-10-26(22-28)24-40(23-25-8-3-2-4-9-25)35(42)46-29-16-14-27(15-17-29)31-12-5-6-13-32(31)47(37,43)44/h5-7,10-17,22,25,30H,2-4,8-9,18-21,23-24H2,1H3,(H2,36,38,41)(H2,37,43,44). The third-order valence-corrected chi connectivity index (χ3v) is 9.74. The molecule has 12 heteroatoms. The molecule has 3 aromatic carbocycles. The van der Waals surface area contributed by atoms with Crippen LogP contribution in [0.1, 0.15) is 56.1 Å². The second kappa shape index (κ2) is 15.6. The van der Waals surface area contributed by atoms with E-state index >= 15 is 0 Å². The highest BCUT2D eigenvalue weighted by Gasteiger charge is 2.24. The van der Waals surface area contributed by atoms with Crippen molar-refractivity contribution in [1.82, 2.24) is 9.80 Å². The number of likely N-dealkylation sites (tertiary alicyclic amines) is 1. The number of aliphatic imine (C=N–C) groups is 1. The number of amides is 2. The zero-order chi connectivity index (χ0) is 33.4. The number of hydrogen-bond donors (Lipinski definition) is 2. The molecule has 0 atom stereocenters. The summed E-state index contributed by atoms with van der Waals surface area (Å²) in [6, 6.07) is 20.4. The van der Waals surface area contributed by atoms with Crippen molar-refractivity contribution in [2.45, 2.75) is 62.5 Å². The molecule has 2 fully saturated rings. The molecular formula is C35H43N5O6S. The predicted molar refractivity (Wildman–Crippen MR) is 180 cm³/mol. The number of carbonyl (C=O) groups excluding carboxylic acids is 2. The molecule has 47 heavy (non-hydrogen) atoms. The summed E-state index contributed by atoms with van der Waals surface area (Å²) in [5, 5.41) is 5.41. The molecule has 0 aromatic heterocycles. The Labute approximate surface area is 276 Å². The number of amidine groups is 1. The third-order valence-electron chi connectivity index (χ3n) is 8.77. The summed E-state index contributed by atoms with van der Waals surface area (Å²) in [6.45, 7) is 2.53. The highest BCUT2D eigenvalue weighted by Crippen LogP contribution is 2.29. The van der Waals surface area contributed by atoms with Gasteiger partial charge in [-0.15, -0.1) is 0 Å². The largest absolute Gasteiger partial charge is 0.444 e. The maximum Gasteiger partial charge on any atom is 0.435 e. The molecule has 1 heterocycles. The summed E-state index contributed by atoms with van der Waals surface area (Å²) < 4.78 is 35.5. The van der Waals surface area contributed by atoms with Crippen molar-refractivity contribution in [3.05, 3.63) is 83.9 Å². The van der Waals surface area contributed by atoms with E-state index in [1.54, 1.807) is 53.4 Å². The van der Waals surface area contributed by atoms with E-state index < -0.39 is 22.2 Å². The Morgan fingerprint density at radius 3 is 2.34 bits per heavy atom. The van der Waals surface area contributed by atoms with Gasteiger partial charge >= 0.3 is 12.2 Å². The van der Waals surface area contributed by atoms with Gasteiger partial charge in [0.25, 0.3) is 0 Å². The molecule has 0 spiro atoms. The number of primary sulfonamides is 1. The molecule has 2 amide bonds. The van der Waals surface area contributed by atoms with Crippen LogP contribution in [0.3, 0.4) is 0 Å². The molecule has 5 rings (SSSR count). The van der Waals surface area contributed by atoms with Gasteiger partial charge in [0, 0.05) is 37.3 Å². The number of nitrogens with two attached hydrogens (primary N) is 2. The van der Waals surface area contributed by atoms with Crippen LogP contribution >= 0.6 is 0 Å². The van der Waals surface area contributed by atoms with E-state index in [0.29, 0.717) is 34.9 Å². The molecule has 1 aliphatic carbocycles. The first-order valence-corrected chi connectivity index (χ1v) is 17.6. The normalized spacial score (nSPS) is 16.9. The fourth-order valence-corrected chi connectivity index (χ4v) is 6.95. The Hall–Kier alpha value is -4.26. The molecule has 0 unspecified atom stereocenters. The first-order chi connectivity index (χ1) is 22.5. The Balaban J connectivity index is 1.29. The lowest BCUT2D eigenvalue weighted by molar-refractivity contribution is 0.0636. The third kappa shape index (κ3) is 9.63. The van der Waals surface area contributed by atoms with Gasteiger partial charge in [-0.1, -0.05) is 67.8 Å². The first kappa shape index (κ1) is 34.1. The van der Waals surface area contributed by atoms with E-state index in [1.807, 2.05) is 25.2 Å². The average molecular weight is 662 g/mol. The van der Waals surface area contributed by atoms with E-state index in [1.165, 1.54) is 12.5 Å². The van der Waals surface area contributed by atoms with Gasteiger partial charge in [0.2, 0.25) is 10.0 Å². The highest BCUT2D eigenvalue weighted by molar-refractivity contribution is 7.89. The quantitative estimate of drug-likeness (QED) is 0.224. The summed E-state index contributed by atoms with van der Waals surface area (Å²) in [6.07, 6.45) is 5.69. The number of hydrogen-bond acceptors (Lipinski definition) is 7. The summed E-state index contributed by atoms with van der Waals surface area (Å²) in [7, 11) is -1.88. The minimum Gasteiger partial charge on any atom is -0.444 e. The number of nitrogens with zero attached hydrogens (tertiary/aromatic N) is 3. The summed E-state index contributed by atoms with van der Waals surface area (Å²) >= 11 is 0. The summed E-state index contributed by atoms with van der Waals surface area (Å²) in [5.41, 5.74) is 8.68. The maximum atomic E-state index is 13.6. The molecule has 3 aromatic rings. The number of carbonyl (C=O) groups is 2. The molecule has 1 saturated heterocycles. The Kier molecular flexibility index (Phi) is 11.3. The lowest BCUT2D eigenvalue weighted by Crippen LogP contribution is -2.37. The van der Waals surface area contributed by atoms with Gasteiger partial charge in [-0.2, -0.15) is 4.99 Å².